The van der Waals surface area contributed by atoms with Crippen LogP contribution < -0.4 is 4.28 Å². The number of rotatable bonds is 4. The van der Waals surface area contributed by atoms with Crippen molar-refractivity contribution >= 4 is 16.2 Å². The van der Waals surface area contributed by atoms with Crippen molar-refractivity contribution in [1.29, 1.82) is 0 Å². The zero-order valence-corrected chi connectivity index (χ0v) is 9.62. The maximum atomic E-state index is 11.5. The Balaban J connectivity index is 2.10. The first-order valence-electron chi connectivity index (χ1n) is 4.82. The molecule has 0 saturated carbocycles. The zero-order valence-electron chi connectivity index (χ0n) is 8.80. The predicted octanol–water partition coefficient (Wildman–Crippen LogP) is 1.31. The minimum Gasteiger partial charge on any atom is -0.283 e. The van der Waals surface area contributed by atoms with Crippen molar-refractivity contribution in [2.45, 2.75) is 0 Å². The summed E-state index contributed by atoms with van der Waals surface area (Å²) in [5.41, 5.74) is 0.783. The normalized spacial score (nSPS) is 11.8. The van der Waals surface area contributed by atoms with E-state index in [-0.39, 0.29) is 0 Å². The molecule has 0 spiro atoms. The molecule has 0 unspecified atom stereocenters. The highest BCUT2D eigenvalue weighted by Crippen LogP contribution is 2.03. The number of aromatic nitrogens is 2. The molecule has 0 fully saturated rings. The Morgan fingerprint density at radius 1 is 1.24 bits per heavy atom. The van der Waals surface area contributed by atoms with Gasteiger partial charge in [0.25, 0.3) is 0 Å². The number of hydrogen-bond acceptors (Lipinski definition) is 4. The molecule has 0 aliphatic heterocycles. The lowest BCUT2D eigenvalue weighted by Gasteiger charge is -2.01. The molecule has 0 aliphatic rings. The van der Waals surface area contributed by atoms with E-state index in [2.05, 4.69) is 4.98 Å². The summed E-state index contributed by atoms with van der Waals surface area (Å²) in [6, 6.07) is 9.09. The second kappa shape index (κ2) is 4.84. The third-order valence-corrected chi connectivity index (χ3v) is 2.75. The van der Waals surface area contributed by atoms with Crippen molar-refractivity contribution in [3.8, 4) is 0 Å². The quantitative estimate of drug-likeness (QED) is 0.821. The first-order chi connectivity index (χ1) is 8.16. The van der Waals surface area contributed by atoms with Crippen LogP contribution in [0.15, 0.2) is 54.5 Å². The summed E-state index contributed by atoms with van der Waals surface area (Å²) in [4.78, 5) is 3.67. The van der Waals surface area contributed by atoms with Gasteiger partial charge in [0.15, 0.2) is 0 Å². The van der Waals surface area contributed by atoms with Crippen LogP contribution in [-0.2, 0) is 10.1 Å². The topological polar surface area (TPSA) is 61.2 Å². The van der Waals surface area contributed by atoms with Crippen molar-refractivity contribution in [3.63, 3.8) is 0 Å². The monoisotopic (exact) mass is 250 g/mol. The first-order valence-corrected chi connectivity index (χ1v) is 6.29. The molecule has 17 heavy (non-hydrogen) atoms. The highest BCUT2D eigenvalue weighted by molar-refractivity contribution is 7.90. The van der Waals surface area contributed by atoms with Crippen LogP contribution in [0.5, 0.6) is 0 Å². The minimum atomic E-state index is -3.76. The maximum Gasteiger partial charge on any atom is 0.350 e. The van der Waals surface area contributed by atoms with Crippen LogP contribution in [0, 0.1) is 0 Å². The molecule has 0 radical (unpaired) electrons. The fourth-order valence-corrected chi connectivity index (χ4v) is 1.86. The second-order valence-electron chi connectivity index (χ2n) is 3.20. The Morgan fingerprint density at radius 3 is 2.65 bits per heavy atom. The van der Waals surface area contributed by atoms with Crippen LogP contribution in [-0.4, -0.2) is 18.1 Å². The predicted molar refractivity (Wildman–Crippen MR) is 63.2 cm³/mol. The van der Waals surface area contributed by atoms with Gasteiger partial charge in [-0.3, -0.25) is 4.28 Å². The largest absolute Gasteiger partial charge is 0.350 e. The zero-order chi connectivity index (χ0) is 12.1. The van der Waals surface area contributed by atoms with Gasteiger partial charge in [-0.05, 0) is 11.6 Å². The molecule has 1 heterocycles. The summed E-state index contributed by atoms with van der Waals surface area (Å²) in [5.74, 6) is 0. The van der Waals surface area contributed by atoms with Crippen LogP contribution in [0.3, 0.4) is 0 Å². The number of benzene rings is 1. The van der Waals surface area contributed by atoms with E-state index >= 15 is 0 Å². The summed E-state index contributed by atoms with van der Waals surface area (Å²) in [6.07, 6.45) is 5.55. The van der Waals surface area contributed by atoms with Crippen LogP contribution in [0.4, 0.5) is 0 Å². The van der Waals surface area contributed by atoms with Gasteiger partial charge in [-0.2, -0.15) is 13.1 Å². The van der Waals surface area contributed by atoms with Crippen molar-refractivity contribution in [3.05, 3.63) is 60.0 Å². The highest BCUT2D eigenvalue weighted by Gasteiger charge is 2.06. The third kappa shape index (κ3) is 3.46. The SMILES string of the molecule is O=S(=O)(C=Cc1ccccc1)On1ccnc1. The van der Waals surface area contributed by atoms with Gasteiger partial charge in [-0.15, -0.1) is 0 Å². The van der Waals surface area contributed by atoms with Gasteiger partial charge in [0.1, 0.15) is 6.33 Å². The average Bonchev–Trinajstić information content (AvgIpc) is 2.80. The van der Waals surface area contributed by atoms with E-state index in [4.69, 9.17) is 4.28 Å². The van der Waals surface area contributed by atoms with Crippen LogP contribution in [0.1, 0.15) is 5.56 Å². The number of imidazole rings is 1. The Hall–Kier alpha value is -2.08. The molecule has 5 nitrogen and oxygen atoms in total. The Bertz CT molecular complexity index is 589. The molecule has 0 aliphatic carbocycles. The van der Waals surface area contributed by atoms with Gasteiger partial charge < -0.3 is 0 Å². The molecule has 2 aromatic rings. The van der Waals surface area contributed by atoms with E-state index < -0.39 is 10.1 Å². The standard InChI is InChI=1S/C11H10N2O3S/c14-17(15,16-13-8-7-12-10-13)9-6-11-4-2-1-3-5-11/h1-10H. The molecule has 1 aromatic heterocycles. The van der Waals surface area contributed by atoms with E-state index in [1.807, 2.05) is 18.2 Å². The Morgan fingerprint density at radius 2 is 2.00 bits per heavy atom. The molecule has 1 aromatic carbocycles. The van der Waals surface area contributed by atoms with E-state index in [0.717, 1.165) is 15.7 Å². The first kappa shape index (κ1) is 11.4. The molecule has 0 bridgehead atoms. The Labute approximate surface area is 99.1 Å². The highest BCUT2D eigenvalue weighted by atomic mass is 32.2. The number of nitrogens with zero attached hydrogens (tertiary/aromatic N) is 2. The van der Waals surface area contributed by atoms with Crippen LogP contribution in [0.25, 0.3) is 6.08 Å². The second-order valence-corrected chi connectivity index (χ2v) is 4.61. The van der Waals surface area contributed by atoms with Crippen LogP contribution >= 0.6 is 0 Å². The smallest absolute Gasteiger partial charge is 0.283 e. The molecule has 0 saturated heterocycles. The van der Waals surface area contributed by atoms with E-state index in [1.54, 1.807) is 12.1 Å². The van der Waals surface area contributed by atoms with E-state index in [0.29, 0.717) is 0 Å². The van der Waals surface area contributed by atoms with Gasteiger partial charge in [0.05, 0.1) is 11.6 Å². The maximum absolute atomic E-state index is 11.5. The average molecular weight is 250 g/mol. The molecule has 0 amide bonds. The van der Waals surface area contributed by atoms with Crippen molar-refractivity contribution in [1.82, 2.24) is 9.71 Å². The summed E-state index contributed by atoms with van der Waals surface area (Å²) in [5, 5.41) is 1.00. The lowest BCUT2D eigenvalue weighted by molar-refractivity contribution is 0.283. The number of hydrogen-bond donors (Lipinski definition) is 0. The van der Waals surface area contributed by atoms with Crippen molar-refractivity contribution in [2.75, 3.05) is 0 Å². The van der Waals surface area contributed by atoms with Crippen LogP contribution in [0.2, 0.25) is 0 Å². The fraction of sp³-hybridized carbons (Fsp3) is 0. The molecule has 88 valence electrons. The van der Waals surface area contributed by atoms with E-state index in [1.165, 1.54) is 24.8 Å². The van der Waals surface area contributed by atoms with Gasteiger partial charge in [-0.25, -0.2) is 4.98 Å². The Kier molecular flexibility index (Phi) is 3.24. The molecular formula is C11H10N2O3S. The summed E-state index contributed by atoms with van der Waals surface area (Å²) in [6.45, 7) is 0. The molecule has 0 atom stereocenters. The van der Waals surface area contributed by atoms with Gasteiger partial charge in [0, 0.05) is 6.20 Å². The fourth-order valence-electron chi connectivity index (χ4n) is 1.16. The third-order valence-electron chi connectivity index (χ3n) is 1.90. The summed E-state index contributed by atoms with van der Waals surface area (Å²) in [7, 11) is -3.76. The molecule has 0 N–H and O–H groups in total. The van der Waals surface area contributed by atoms with E-state index in [9.17, 15) is 8.42 Å². The minimum absolute atomic E-state index is 0.783. The lowest BCUT2D eigenvalue weighted by Crippen LogP contribution is -2.16. The summed E-state index contributed by atoms with van der Waals surface area (Å²) < 4.78 is 28.7. The van der Waals surface area contributed by atoms with Gasteiger partial charge in [0.2, 0.25) is 0 Å². The summed E-state index contributed by atoms with van der Waals surface area (Å²) >= 11 is 0. The molecular weight excluding hydrogens is 240 g/mol. The van der Waals surface area contributed by atoms with Gasteiger partial charge >= 0.3 is 10.1 Å². The molecule has 2 rings (SSSR count). The molecule has 6 heteroatoms. The van der Waals surface area contributed by atoms with Gasteiger partial charge in [-0.1, -0.05) is 30.3 Å². The lowest BCUT2D eigenvalue weighted by atomic mass is 10.2. The van der Waals surface area contributed by atoms with Crippen molar-refractivity contribution in [2.24, 2.45) is 0 Å². The van der Waals surface area contributed by atoms with Crippen molar-refractivity contribution < 1.29 is 12.7 Å².